The van der Waals surface area contributed by atoms with Crippen LogP contribution in [-0.4, -0.2) is 34.2 Å². The fourth-order valence-corrected chi connectivity index (χ4v) is 2.30. The van der Waals surface area contributed by atoms with E-state index in [2.05, 4.69) is 14.3 Å². The first-order valence-electron chi connectivity index (χ1n) is 4.52. The molecule has 2 rings (SSSR count). The van der Waals surface area contributed by atoms with E-state index >= 15 is 0 Å². The van der Waals surface area contributed by atoms with Crippen molar-refractivity contribution in [3.8, 4) is 0 Å². The van der Waals surface area contributed by atoms with Crippen LogP contribution in [0.15, 0.2) is 6.33 Å². The first-order valence-corrected chi connectivity index (χ1v) is 5.30. The lowest BCUT2D eigenvalue weighted by Crippen LogP contribution is -2.19. The van der Waals surface area contributed by atoms with Gasteiger partial charge in [-0.3, -0.25) is 0 Å². The summed E-state index contributed by atoms with van der Waals surface area (Å²) in [5.74, 6) is 0.633. The summed E-state index contributed by atoms with van der Waals surface area (Å²) in [6, 6.07) is 0. The summed E-state index contributed by atoms with van der Waals surface area (Å²) in [6.45, 7) is 2.38. The predicted molar refractivity (Wildman–Crippen MR) is 51.9 cm³/mol. The van der Waals surface area contributed by atoms with Crippen LogP contribution in [-0.2, 0) is 0 Å². The van der Waals surface area contributed by atoms with E-state index in [-0.39, 0.29) is 0 Å². The van der Waals surface area contributed by atoms with Gasteiger partial charge in [-0.05, 0) is 18.8 Å². The van der Waals surface area contributed by atoms with Gasteiger partial charge in [0.1, 0.15) is 6.33 Å². The van der Waals surface area contributed by atoms with Gasteiger partial charge < -0.3 is 10.0 Å². The van der Waals surface area contributed by atoms with Gasteiger partial charge in [0.2, 0.25) is 5.13 Å². The topological polar surface area (TPSA) is 49.2 Å². The minimum absolute atomic E-state index is 0.300. The maximum atomic E-state index is 8.80. The van der Waals surface area contributed by atoms with E-state index in [1.54, 1.807) is 6.33 Å². The quantitative estimate of drug-likeness (QED) is 0.780. The molecule has 1 aromatic rings. The van der Waals surface area contributed by atoms with Crippen LogP contribution >= 0.6 is 11.5 Å². The minimum Gasteiger partial charge on any atom is -0.396 e. The average molecular weight is 199 g/mol. The number of aromatic nitrogens is 2. The van der Waals surface area contributed by atoms with Gasteiger partial charge >= 0.3 is 0 Å². The largest absolute Gasteiger partial charge is 0.396 e. The SMILES string of the molecule is OCCC1CCN(c2ncns2)C1. The molecule has 0 spiro atoms. The van der Waals surface area contributed by atoms with Crippen molar-refractivity contribution in [2.45, 2.75) is 12.8 Å². The molecule has 1 fully saturated rings. The fourth-order valence-electron chi connectivity index (χ4n) is 1.73. The van der Waals surface area contributed by atoms with Gasteiger partial charge in [0.05, 0.1) is 0 Å². The van der Waals surface area contributed by atoms with Crippen LogP contribution in [0.5, 0.6) is 0 Å². The lowest BCUT2D eigenvalue weighted by molar-refractivity contribution is 0.263. The molecule has 1 aromatic heterocycles. The zero-order valence-electron chi connectivity index (χ0n) is 7.39. The number of aliphatic hydroxyl groups is 1. The Morgan fingerprint density at radius 1 is 1.69 bits per heavy atom. The third-order valence-corrected chi connectivity index (χ3v) is 3.17. The van der Waals surface area contributed by atoms with Crippen molar-refractivity contribution in [3.05, 3.63) is 6.33 Å². The van der Waals surface area contributed by atoms with E-state index in [1.807, 2.05) is 0 Å². The van der Waals surface area contributed by atoms with Gasteiger partial charge in [0.25, 0.3) is 0 Å². The molecule has 2 heterocycles. The summed E-state index contributed by atoms with van der Waals surface area (Å²) in [7, 11) is 0. The Morgan fingerprint density at radius 2 is 2.62 bits per heavy atom. The maximum absolute atomic E-state index is 8.80. The predicted octanol–water partition coefficient (Wildman–Crippen LogP) is 0.747. The third kappa shape index (κ3) is 1.97. The molecule has 1 aliphatic rings. The Bertz CT molecular complexity index is 252. The normalized spacial score (nSPS) is 22.5. The lowest BCUT2D eigenvalue weighted by atomic mass is 10.1. The molecule has 0 bridgehead atoms. The molecule has 0 aromatic carbocycles. The van der Waals surface area contributed by atoms with Crippen LogP contribution in [0.3, 0.4) is 0 Å². The molecule has 4 nitrogen and oxygen atoms in total. The van der Waals surface area contributed by atoms with Crippen molar-refractivity contribution in [3.63, 3.8) is 0 Å². The molecule has 5 heteroatoms. The van der Waals surface area contributed by atoms with Gasteiger partial charge in [-0.2, -0.15) is 4.37 Å². The molecule has 1 saturated heterocycles. The molecule has 1 N–H and O–H groups in total. The van der Waals surface area contributed by atoms with Gasteiger partial charge in [-0.1, -0.05) is 0 Å². The van der Waals surface area contributed by atoms with Crippen LogP contribution in [0.25, 0.3) is 0 Å². The molecular formula is C8H13N3OS. The monoisotopic (exact) mass is 199 g/mol. The molecule has 1 atom stereocenters. The van der Waals surface area contributed by atoms with Gasteiger partial charge in [0, 0.05) is 31.2 Å². The van der Waals surface area contributed by atoms with E-state index in [4.69, 9.17) is 5.11 Å². The lowest BCUT2D eigenvalue weighted by Gasteiger charge is -2.13. The van der Waals surface area contributed by atoms with E-state index in [9.17, 15) is 0 Å². The van der Waals surface area contributed by atoms with Gasteiger partial charge in [0.15, 0.2) is 0 Å². The minimum atomic E-state index is 0.300. The third-order valence-electron chi connectivity index (χ3n) is 2.44. The highest BCUT2D eigenvalue weighted by Gasteiger charge is 2.23. The average Bonchev–Trinajstić information content (AvgIpc) is 2.70. The standard InChI is InChI=1S/C8H13N3OS/c12-4-2-7-1-3-11(5-7)8-9-6-10-13-8/h6-7,12H,1-5H2. The highest BCUT2D eigenvalue weighted by atomic mass is 32.1. The van der Waals surface area contributed by atoms with Crippen LogP contribution in [0, 0.1) is 5.92 Å². The van der Waals surface area contributed by atoms with Crippen LogP contribution < -0.4 is 4.90 Å². The van der Waals surface area contributed by atoms with Crippen molar-refractivity contribution >= 4 is 16.7 Å². The first-order chi connectivity index (χ1) is 6.40. The van der Waals surface area contributed by atoms with Crippen LogP contribution in [0.4, 0.5) is 5.13 Å². The molecule has 1 unspecified atom stereocenters. The summed E-state index contributed by atoms with van der Waals surface area (Å²) in [5.41, 5.74) is 0. The second kappa shape index (κ2) is 4.02. The molecule has 72 valence electrons. The second-order valence-corrected chi connectivity index (χ2v) is 4.10. The second-order valence-electron chi connectivity index (χ2n) is 3.34. The highest BCUT2D eigenvalue weighted by molar-refractivity contribution is 7.09. The Hall–Kier alpha value is -0.680. The summed E-state index contributed by atoms with van der Waals surface area (Å²) < 4.78 is 3.98. The summed E-state index contributed by atoms with van der Waals surface area (Å²) >= 11 is 1.44. The smallest absolute Gasteiger partial charge is 0.204 e. The van der Waals surface area contributed by atoms with Crippen LogP contribution in [0.1, 0.15) is 12.8 Å². The van der Waals surface area contributed by atoms with Crippen LogP contribution in [0.2, 0.25) is 0 Å². The summed E-state index contributed by atoms with van der Waals surface area (Å²) in [4.78, 5) is 6.41. The molecular weight excluding hydrogens is 186 g/mol. The number of hydrogen-bond acceptors (Lipinski definition) is 5. The van der Waals surface area contributed by atoms with E-state index < -0.39 is 0 Å². The molecule has 0 aliphatic carbocycles. The summed E-state index contributed by atoms with van der Waals surface area (Å²) in [5, 5.41) is 9.81. The molecule has 0 saturated carbocycles. The van der Waals surface area contributed by atoms with E-state index in [0.717, 1.165) is 24.6 Å². The molecule has 13 heavy (non-hydrogen) atoms. The Labute approximate surface area is 81.4 Å². The maximum Gasteiger partial charge on any atom is 0.204 e. The Morgan fingerprint density at radius 3 is 3.31 bits per heavy atom. The summed E-state index contributed by atoms with van der Waals surface area (Å²) in [6.07, 6.45) is 3.68. The molecule has 1 aliphatic heterocycles. The number of nitrogens with zero attached hydrogens (tertiary/aromatic N) is 3. The zero-order chi connectivity index (χ0) is 9.10. The van der Waals surface area contributed by atoms with Crippen molar-refractivity contribution in [2.75, 3.05) is 24.6 Å². The number of hydrogen-bond donors (Lipinski definition) is 1. The van der Waals surface area contributed by atoms with Crippen molar-refractivity contribution < 1.29 is 5.11 Å². The molecule has 0 amide bonds. The van der Waals surface area contributed by atoms with Crippen molar-refractivity contribution in [1.29, 1.82) is 0 Å². The fraction of sp³-hybridized carbons (Fsp3) is 0.750. The molecule has 0 radical (unpaired) electrons. The number of aliphatic hydroxyl groups excluding tert-OH is 1. The van der Waals surface area contributed by atoms with Gasteiger partial charge in [-0.25, -0.2) is 4.98 Å². The van der Waals surface area contributed by atoms with E-state index in [1.165, 1.54) is 18.0 Å². The highest BCUT2D eigenvalue weighted by Crippen LogP contribution is 2.25. The number of rotatable bonds is 3. The Balaban J connectivity index is 1.91. The van der Waals surface area contributed by atoms with E-state index in [0.29, 0.717) is 12.5 Å². The first kappa shape index (κ1) is 8.90. The Kier molecular flexibility index (Phi) is 2.75. The zero-order valence-corrected chi connectivity index (χ0v) is 8.20. The van der Waals surface area contributed by atoms with Crippen molar-refractivity contribution in [1.82, 2.24) is 9.36 Å². The number of anilines is 1. The van der Waals surface area contributed by atoms with Crippen molar-refractivity contribution in [2.24, 2.45) is 5.92 Å². The van der Waals surface area contributed by atoms with Gasteiger partial charge in [-0.15, -0.1) is 0 Å².